The van der Waals surface area contributed by atoms with Crippen molar-refractivity contribution in [3.8, 4) is 0 Å². The maximum Gasteiger partial charge on any atom is 0.148 e. The van der Waals surface area contributed by atoms with Gasteiger partial charge < -0.3 is 10.6 Å². The lowest BCUT2D eigenvalue weighted by molar-refractivity contribution is 0.345. The molecule has 0 atom stereocenters. The van der Waals surface area contributed by atoms with Crippen LogP contribution in [0.5, 0.6) is 0 Å². The fraction of sp³-hybridized carbons (Fsp3) is 0.417. The standard InChI is InChI=1S/C12H17FN2O2S2/c1-15(3-4-19(2,16)17)8-9-5-10(12(14)18)7-11(13)6-9/h5-7H,3-4,8H2,1-2H3,(H2,14,18). The highest BCUT2D eigenvalue weighted by atomic mass is 32.2. The molecule has 0 spiro atoms. The molecule has 0 aliphatic heterocycles. The van der Waals surface area contributed by atoms with Crippen LogP contribution in [0.15, 0.2) is 18.2 Å². The van der Waals surface area contributed by atoms with Gasteiger partial charge >= 0.3 is 0 Å². The summed E-state index contributed by atoms with van der Waals surface area (Å²) >= 11 is 4.81. The minimum absolute atomic E-state index is 0.0704. The third-order valence-corrected chi connectivity index (χ3v) is 3.70. The number of benzene rings is 1. The summed E-state index contributed by atoms with van der Waals surface area (Å²) in [6, 6.07) is 4.38. The Hall–Kier alpha value is -1.05. The van der Waals surface area contributed by atoms with Gasteiger partial charge in [-0.2, -0.15) is 0 Å². The van der Waals surface area contributed by atoms with E-state index in [1.54, 1.807) is 18.0 Å². The second-order valence-corrected chi connectivity index (χ2v) is 7.28. The lowest BCUT2D eigenvalue weighted by Crippen LogP contribution is -2.25. The van der Waals surface area contributed by atoms with E-state index in [2.05, 4.69) is 0 Å². The maximum atomic E-state index is 13.4. The molecule has 0 saturated heterocycles. The zero-order chi connectivity index (χ0) is 14.6. The molecule has 0 unspecified atom stereocenters. The summed E-state index contributed by atoms with van der Waals surface area (Å²) in [6.07, 6.45) is 1.19. The quantitative estimate of drug-likeness (QED) is 0.792. The Balaban J connectivity index is 2.74. The van der Waals surface area contributed by atoms with Crippen LogP contribution in [0.2, 0.25) is 0 Å². The summed E-state index contributed by atoms with van der Waals surface area (Å²) in [7, 11) is -1.22. The van der Waals surface area contributed by atoms with Crippen LogP contribution < -0.4 is 5.73 Å². The van der Waals surface area contributed by atoms with Gasteiger partial charge in [-0.3, -0.25) is 0 Å². The summed E-state index contributed by atoms with van der Waals surface area (Å²) in [5.41, 5.74) is 6.65. The Labute approximate surface area is 118 Å². The number of hydrogen-bond donors (Lipinski definition) is 1. The van der Waals surface area contributed by atoms with Crippen molar-refractivity contribution in [3.05, 3.63) is 35.1 Å². The van der Waals surface area contributed by atoms with Crippen molar-refractivity contribution in [1.29, 1.82) is 0 Å². The average molecular weight is 304 g/mol. The zero-order valence-corrected chi connectivity index (χ0v) is 12.5. The second kappa shape index (κ2) is 6.40. The monoisotopic (exact) mass is 304 g/mol. The number of nitrogens with two attached hydrogens (primary N) is 1. The van der Waals surface area contributed by atoms with Crippen molar-refractivity contribution in [2.24, 2.45) is 5.73 Å². The van der Waals surface area contributed by atoms with Crippen LogP contribution >= 0.6 is 12.2 Å². The van der Waals surface area contributed by atoms with Gasteiger partial charge in [0.2, 0.25) is 0 Å². The number of sulfone groups is 1. The van der Waals surface area contributed by atoms with E-state index in [0.29, 0.717) is 24.2 Å². The molecule has 0 fully saturated rings. The average Bonchev–Trinajstić information content (AvgIpc) is 2.24. The van der Waals surface area contributed by atoms with Gasteiger partial charge in [0.05, 0.1) is 5.75 Å². The molecule has 0 aliphatic carbocycles. The first-order valence-corrected chi connectivity index (χ1v) is 8.10. The molecule has 0 bridgehead atoms. The van der Waals surface area contributed by atoms with Gasteiger partial charge in [0.1, 0.15) is 20.6 Å². The molecule has 1 aromatic carbocycles. The first kappa shape index (κ1) is 16.0. The number of rotatable bonds is 6. The molecule has 19 heavy (non-hydrogen) atoms. The van der Waals surface area contributed by atoms with Gasteiger partial charge in [-0.15, -0.1) is 0 Å². The molecular weight excluding hydrogens is 287 g/mol. The molecule has 0 saturated carbocycles. The lowest BCUT2D eigenvalue weighted by atomic mass is 10.1. The highest BCUT2D eigenvalue weighted by Crippen LogP contribution is 2.11. The molecule has 0 aromatic heterocycles. The topological polar surface area (TPSA) is 63.4 Å². The number of halogens is 1. The van der Waals surface area contributed by atoms with E-state index in [0.717, 1.165) is 0 Å². The predicted molar refractivity (Wildman–Crippen MR) is 78.3 cm³/mol. The van der Waals surface area contributed by atoms with Crippen LogP contribution in [0.25, 0.3) is 0 Å². The third-order valence-electron chi connectivity index (χ3n) is 2.54. The van der Waals surface area contributed by atoms with Crippen molar-refractivity contribution >= 4 is 27.0 Å². The summed E-state index contributed by atoms with van der Waals surface area (Å²) in [5.74, 6) is -0.335. The van der Waals surface area contributed by atoms with Crippen LogP contribution in [-0.2, 0) is 16.4 Å². The van der Waals surface area contributed by atoms with Crippen LogP contribution in [0.1, 0.15) is 11.1 Å². The van der Waals surface area contributed by atoms with Crippen LogP contribution in [0.3, 0.4) is 0 Å². The fourth-order valence-corrected chi connectivity index (χ4v) is 2.36. The van der Waals surface area contributed by atoms with E-state index >= 15 is 0 Å². The minimum atomic E-state index is -3.00. The summed E-state index contributed by atoms with van der Waals surface area (Å²) < 4.78 is 35.5. The van der Waals surface area contributed by atoms with E-state index in [9.17, 15) is 12.8 Å². The molecule has 2 N–H and O–H groups in total. The van der Waals surface area contributed by atoms with E-state index in [1.165, 1.54) is 18.4 Å². The van der Waals surface area contributed by atoms with E-state index in [1.807, 2.05) is 0 Å². The molecule has 0 radical (unpaired) electrons. The first-order chi connectivity index (χ1) is 8.67. The highest BCUT2D eigenvalue weighted by molar-refractivity contribution is 7.90. The molecular formula is C12H17FN2O2S2. The molecule has 7 heteroatoms. The van der Waals surface area contributed by atoms with Crippen molar-refractivity contribution < 1.29 is 12.8 Å². The molecule has 1 aromatic rings. The van der Waals surface area contributed by atoms with Gasteiger partial charge in [-0.25, -0.2) is 12.8 Å². The fourth-order valence-electron chi connectivity index (χ4n) is 1.60. The Morgan fingerprint density at radius 1 is 1.42 bits per heavy atom. The highest BCUT2D eigenvalue weighted by Gasteiger charge is 2.08. The van der Waals surface area contributed by atoms with Gasteiger partial charge in [-0.1, -0.05) is 12.2 Å². The Kier molecular flexibility index (Phi) is 5.39. The number of hydrogen-bond acceptors (Lipinski definition) is 4. The van der Waals surface area contributed by atoms with Crippen LogP contribution in [-0.4, -0.2) is 43.9 Å². The number of thiocarbonyl (C=S) groups is 1. The molecule has 0 amide bonds. The Morgan fingerprint density at radius 2 is 2.05 bits per heavy atom. The van der Waals surface area contributed by atoms with E-state index in [4.69, 9.17) is 18.0 Å². The van der Waals surface area contributed by atoms with Gasteiger partial charge in [-0.05, 0) is 30.8 Å². The summed E-state index contributed by atoms with van der Waals surface area (Å²) in [4.78, 5) is 1.94. The summed E-state index contributed by atoms with van der Waals surface area (Å²) in [6.45, 7) is 0.820. The van der Waals surface area contributed by atoms with E-state index in [-0.39, 0.29) is 10.7 Å². The van der Waals surface area contributed by atoms with Crippen LogP contribution in [0.4, 0.5) is 4.39 Å². The normalized spacial score (nSPS) is 11.8. The Morgan fingerprint density at radius 3 is 2.58 bits per heavy atom. The predicted octanol–water partition coefficient (Wildman–Crippen LogP) is 0.936. The van der Waals surface area contributed by atoms with Gasteiger partial charge in [0.25, 0.3) is 0 Å². The van der Waals surface area contributed by atoms with Crippen LogP contribution in [0, 0.1) is 5.82 Å². The molecule has 0 heterocycles. The summed E-state index contributed by atoms with van der Waals surface area (Å²) in [5, 5.41) is 0. The minimum Gasteiger partial charge on any atom is -0.389 e. The van der Waals surface area contributed by atoms with Crippen molar-refractivity contribution in [2.45, 2.75) is 6.54 Å². The zero-order valence-electron chi connectivity index (χ0n) is 10.9. The second-order valence-electron chi connectivity index (χ2n) is 4.58. The lowest BCUT2D eigenvalue weighted by Gasteiger charge is -2.16. The van der Waals surface area contributed by atoms with Gasteiger partial charge in [0.15, 0.2) is 0 Å². The number of nitrogens with zero attached hydrogens (tertiary/aromatic N) is 1. The molecule has 106 valence electrons. The largest absolute Gasteiger partial charge is 0.389 e. The van der Waals surface area contributed by atoms with Crippen molar-refractivity contribution in [1.82, 2.24) is 4.90 Å². The molecule has 1 rings (SSSR count). The maximum absolute atomic E-state index is 13.4. The first-order valence-electron chi connectivity index (χ1n) is 5.63. The van der Waals surface area contributed by atoms with Crippen molar-refractivity contribution in [3.63, 3.8) is 0 Å². The molecule has 4 nitrogen and oxygen atoms in total. The van der Waals surface area contributed by atoms with E-state index < -0.39 is 15.7 Å². The smallest absolute Gasteiger partial charge is 0.148 e. The molecule has 0 aliphatic rings. The third kappa shape index (κ3) is 6.09. The Bertz CT molecular complexity index is 573. The SMILES string of the molecule is CN(CCS(C)(=O)=O)Cc1cc(F)cc(C(N)=S)c1. The van der Waals surface area contributed by atoms with Gasteiger partial charge in [0, 0.05) is 24.9 Å². The van der Waals surface area contributed by atoms with Crippen molar-refractivity contribution in [2.75, 3.05) is 25.6 Å².